The van der Waals surface area contributed by atoms with Gasteiger partial charge in [-0.2, -0.15) is 11.8 Å². The summed E-state index contributed by atoms with van der Waals surface area (Å²) in [5.41, 5.74) is 6.41. The minimum absolute atomic E-state index is 0.108. The molecule has 0 spiro atoms. The fourth-order valence-electron chi connectivity index (χ4n) is 3.69. The molecule has 7 nitrogen and oxygen atoms in total. The molecule has 0 saturated heterocycles. The van der Waals surface area contributed by atoms with E-state index in [0.717, 1.165) is 10.9 Å². The van der Waals surface area contributed by atoms with Crippen LogP contribution in [0.4, 0.5) is 4.79 Å². The number of nitrogens with one attached hydrogen (secondary N) is 1. The van der Waals surface area contributed by atoms with Gasteiger partial charge in [-0.3, -0.25) is 10.1 Å². The Morgan fingerprint density at radius 2 is 1.90 bits per heavy atom. The van der Waals surface area contributed by atoms with E-state index in [4.69, 9.17) is 14.9 Å². The van der Waals surface area contributed by atoms with Crippen LogP contribution in [-0.4, -0.2) is 29.3 Å². The van der Waals surface area contributed by atoms with Crippen molar-refractivity contribution >= 4 is 40.6 Å². The van der Waals surface area contributed by atoms with Crippen molar-refractivity contribution < 1.29 is 23.5 Å². The number of carbonyl (C=O) groups excluding carboxylic acids is 3. The lowest BCUT2D eigenvalue weighted by molar-refractivity contribution is -0.131. The molecule has 1 aromatic carbocycles. The Bertz CT molecular complexity index is 917. The van der Waals surface area contributed by atoms with Crippen molar-refractivity contribution in [1.82, 2.24) is 5.32 Å². The molecule has 30 heavy (non-hydrogen) atoms. The van der Waals surface area contributed by atoms with E-state index in [-0.39, 0.29) is 11.7 Å². The van der Waals surface area contributed by atoms with Gasteiger partial charge < -0.3 is 14.9 Å². The van der Waals surface area contributed by atoms with Crippen molar-refractivity contribution in [3.63, 3.8) is 0 Å². The maximum atomic E-state index is 13.0. The van der Waals surface area contributed by atoms with Crippen LogP contribution in [0.3, 0.4) is 0 Å². The fourth-order valence-corrected chi connectivity index (χ4v) is 5.05. The number of imide groups is 1. The highest BCUT2D eigenvalue weighted by Crippen LogP contribution is 2.35. The Kier molecular flexibility index (Phi) is 7.42. The minimum atomic E-state index is -1.16. The molecule has 0 radical (unpaired) electrons. The number of esters is 1. The van der Waals surface area contributed by atoms with Gasteiger partial charge in [0.25, 0.3) is 5.91 Å². The van der Waals surface area contributed by atoms with Crippen LogP contribution in [-0.2, 0) is 15.3 Å². The number of nitrogens with two attached hydrogens (primary N) is 1. The average molecular weight is 433 g/mol. The molecule has 0 unspecified atom stereocenters. The van der Waals surface area contributed by atoms with E-state index in [1.807, 2.05) is 35.3 Å². The van der Waals surface area contributed by atoms with Crippen molar-refractivity contribution in [2.24, 2.45) is 11.7 Å². The summed E-state index contributed by atoms with van der Waals surface area (Å²) < 4.78 is 11.3. The monoisotopic (exact) mass is 432 g/mol. The van der Waals surface area contributed by atoms with Crippen molar-refractivity contribution in [1.29, 1.82) is 0 Å². The van der Waals surface area contributed by atoms with E-state index in [9.17, 15) is 14.4 Å². The largest absolute Gasteiger partial charge is 0.449 e. The standard InChI is InChI=1S/C22H28N2O5S/c1-13(2)18(20(25)24-22(23)27)29-21(26)19-16(12-30-14-8-4-3-5-9-14)15-10-6-7-11-17(15)28-19/h6-7,10-11,13-14,18H,3-5,8-9,12H2,1-2H3,(H3,23,24,25,27)/t18-/m0/s1. The molecule has 3 N–H and O–H groups in total. The zero-order chi connectivity index (χ0) is 21.7. The van der Waals surface area contributed by atoms with Crippen LogP contribution in [0.15, 0.2) is 28.7 Å². The van der Waals surface area contributed by atoms with E-state index in [0.29, 0.717) is 16.6 Å². The molecule has 3 amide bonds. The zero-order valence-corrected chi connectivity index (χ0v) is 18.1. The molecule has 1 aromatic heterocycles. The number of rotatable bonds is 7. The Morgan fingerprint density at radius 3 is 2.57 bits per heavy atom. The highest BCUT2D eigenvalue weighted by atomic mass is 32.2. The number of ether oxygens (including phenoxy) is 1. The van der Waals surface area contributed by atoms with Crippen LogP contribution in [0.5, 0.6) is 0 Å². The number of benzene rings is 1. The SMILES string of the molecule is CC(C)[C@H](OC(=O)c1oc2ccccc2c1CSC1CCCCC1)C(=O)NC(N)=O. The first-order chi connectivity index (χ1) is 14.4. The molecule has 1 aliphatic rings. The predicted molar refractivity (Wildman–Crippen MR) is 116 cm³/mol. The van der Waals surface area contributed by atoms with Crippen LogP contribution in [0.1, 0.15) is 62.1 Å². The molecule has 3 rings (SSSR count). The summed E-state index contributed by atoms with van der Waals surface area (Å²) in [5.74, 6) is -1.08. The van der Waals surface area contributed by atoms with Crippen molar-refractivity contribution in [2.45, 2.75) is 63.1 Å². The van der Waals surface area contributed by atoms with Gasteiger partial charge in [0.2, 0.25) is 5.76 Å². The number of urea groups is 1. The van der Waals surface area contributed by atoms with Gasteiger partial charge >= 0.3 is 12.0 Å². The van der Waals surface area contributed by atoms with Crippen molar-refractivity contribution in [3.8, 4) is 0 Å². The topological polar surface area (TPSA) is 112 Å². The third kappa shape index (κ3) is 5.36. The Morgan fingerprint density at radius 1 is 1.20 bits per heavy atom. The summed E-state index contributed by atoms with van der Waals surface area (Å²) in [6.07, 6.45) is 4.98. The molecule has 1 saturated carbocycles. The van der Waals surface area contributed by atoms with Gasteiger partial charge in [-0.05, 0) is 24.8 Å². The maximum Gasteiger partial charge on any atom is 0.375 e. The molecule has 162 valence electrons. The first-order valence-corrected chi connectivity index (χ1v) is 11.3. The molecule has 1 heterocycles. The number of carbonyl (C=O) groups is 3. The lowest BCUT2D eigenvalue weighted by Crippen LogP contribution is -2.45. The number of amides is 3. The van der Waals surface area contributed by atoms with Gasteiger partial charge in [0.1, 0.15) is 5.58 Å². The lowest BCUT2D eigenvalue weighted by Gasteiger charge is -2.21. The third-order valence-corrected chi connectivity index (χ3v) is 6.64. The number of hydrogen-bond acceptors (Lipinski definition) is 6. The number of para-hydroxylation sites is 1. The number of primary amides is 1. The molecule has 8 heteroatoms. The average Bonchev–Trinajstić information content (AvgIpc) is 3.09. The number of furan rings is 1. The van der Waals surface area contributed by atoms with Crippen LogP contribution < -0.4 is 11.1 Å². The van der Waals surface area contributed by atoms with E-state index in [2.05, 4.69) is 0 Å². The van der Waals surface area contributed by atoms with Crippen LogP contribution in [0.2, 0.25) is 0 Å². The molecule has 0 bridgehead atoms. The molecular weight excluding hydrogens is 404 g/mol. The highest BCUT2D eigenvalue weighted by Gasteiger charge is 2.31. The van der Waals surface area contributed by atoms with Gasteiger partial charge in [0.15, 0.2) is 6.10 Å². The molecule has 1 fully saturated rings. The summed E-state index contributed by atoms with van der Waals surface area (Å²) in [4.78, 5) is 36.2. The van der Waals surface area contributed by atoms with Gasteiger partial charge in [0, 0.05) is 22.0 Å². The van der Waals surface area contributed by atoms with E-state index in [1.165, 1.54) is 32.1 Å². The fraction of sp³-hybridized carbons (Fsp3) is 0.500. The predicted octanol–water partition coefficient (Wildman–Crippen LogP) is 4.38. The number of thioether (sulfide) groups is 1. The molecule has 0 aliphatic heterocycles. The van der Waals surface area contributed by atoms with Gasteiger partial charge in [0.05, 0.1) is 0 Å². The van der Waals surface area contributed by atoms with Gasteiger partial charge in [-0.1, -0.05) is 51.3 Å². The number of fused-ring (bicyclic) bond motifs is 1. The van der Waals surface area contributed by atoms with Crippen LogP contribution in [0.25, 0.3) is 11.0 Å². The van der Waals surface area contributed by atoms with Gasteiger partial charge in [-0.25, -0.2) is 9.59 Å². The third-order valence-electron chi connectivity index (χ3n) is 5.24. The first kappa shape index (κ1) is 22.2. The van der Waals surface area contributed by atoms with E-state index in [1.54, 1.807) is 19.9 Å². The highest BCUT2D eigenvalue weighted by molar-refractivity contribution is 7.99. The molecule has 2 aromatic rings. The van der Waals surface area contributed by atoms with Crippen molar-refractivity contribution in [3.05, 3.63) is 35.6 Å². The molecular formula is C22H28N2O5S. The Balaban J connectivity index is 1.83. The summed E-state index contributed by atoms with van der Waals surface area (Å²) in [5, 5.41) is 3.42. The van der Waals surface area contributed by atoms with Gasteiger partial charge in [-0.15, -0.1) is 0 Å². The molecule has 1 atom stereocenters. The quantitative estimate of drug-likeness (QED) is 0.628. The number of hydrogen-bond donors (Lipinski definition) is 2. The Labute approximate surface area is 180 Å². The zero-order valence-electron chi connectivity index (χ0n) is 17.3. The molecule has 1 aliphatic carbocycles. The van der Waals surface area contributed by atoms with E-state index >= 15 is 0 Å². The minimum Gasteiger partial charge on any atom is -0.449 e. The summed E-state index contributed by atoms with van der Waals surface area (Å²) in [7, 11) is 0. The lowest BCUT2D eigenvalue weighted by atomic mass is 10.0. The summed E-state index contributed by atoms with van der Waals surface area (Å²) >= 11 is 1.83. The smallest absolute Gasteiger partial charge is 0.375 e. The van der Waals surface area contributed by atoms with Crippen molar-refractivity contribution in [2.75, 3.05) is 0 Å². The van der Waals surface area contributed by atoms with Crippen LogP contribution >= 0.6 is 11.8 Å². The maximum absolute atomic E-state index is 13.0. The second-order valence-corrected chi connectivity index (χ2v) is 9.19. The second-order valence-electron chi connectivity index (χ2n) is 7.90. The summed E-state index contributed by atoms with van der Waals surface area (Å²) in [6, 6.07) is 6.48. The normalized spacial score (nSPS) is 15.8. The Hall–Kier alpha value is -2.48. The second kappa shape index (κ2) is 10.0. The van der Waals surface area contributed by atoms with E-state index < -0.39 is 24.0 Å². The van der Waals surface area contributed by atoms with Crippen LogP contribution in [0, 0.1) is 5.92 Å². The first-order valence-electron chi connectivity index (χ1n) is 10.3. The summed E-state index contributed by atoms with van der Waals surface area (Å²) in [6.45, 7) is 3.44.